The third-order valence-corrected chi connectivity index (χ3v) is 3.41. The highest BCUT2D eigenvalue weighted by Gasteiger charge is 2.29. The van der Waals surface area contributed by atoms with Crippen LogP contribution in [-0.2, 0) is 27.1 Å². The molecule has 0 heterocycles. The summed E-state index contributed by atoms with van der Waals surface area (Å²) < 4.78 is 42.7. The van der Waals surface area contributed by atoms with Crippen LogP contribution in [0.1, 0.15) is 43.2 Å². The lowest BCUT2D eigenvalue weighted by Crippen LogP contribution is -2.18. The Labute approximate surface area is 137 Å². The molecule has 8 heteroatoms. The number of hydroxylamine groups is 1. The number of rotatable bonds is 10. The van der Waals surface area contributed by atoms with Gasteiger partial charge in [0.1, 0.15) is 12.4 Å². The molecule has 0 saturated heterocycles. The van der Waals surface area contributed by atoms with Gasteiger partial charge in [0.15, 0.2) is 0 Å². The van der Waals surface area contributed by atoms with Crippen LogP contribution in [0.25, 0.3) is 0 Å². The number of hydrogen-bond acceptors (Lipinski definition) is 4. The maximum Gasteiger partial charge on any atom is 0.416 e. The number of nitrogens with one attached hydrogen (secondary N) is 1. The van der Waals surface area contributed by atoms with E-state index >= 15 is 0 Å². The van der Waals surface area contributed by atoms with Crippen LogP contribution >= 0.6 is 0 Å². The predicted octanol–water partition coefficient (Wildman–Crippen LogP) is 3.25. The fraction of sp³-hybridized carbons (Fsp3) is 0.500. The zero-order valence-electron chi connectivity index (χ0n) is 13.0. The molecular weight excluding hydrogens is 327 g/mol. The summed E-state index contributed by atoms with van der Waals surface area (Å²) in [6.45, 7) is 0.0501. The molecule has 1 aromatic rings. The van der Waals surface area contributed by atoms with Gasteiger partial charge in [0.25, 0.3) is 0 Å². The van der Waals surface area contributed by atoms with Crippen LogP contribution in [0.3, 0.4) is 0 Å². The number of halogens is 3. The molecule has 0 fully saturated rings. The Bertz CT molecular complexity index is 517. The molecule has 1 atom stereocenters. The minimum Gasteiger partial charge on any atom is -0.366 e. The average Bonchev–Trinajstić information content (AvgIpc) is 2.56. The lowest BCUT2D eigenvalue weighted by Gasteiger charge is -2.12. The van der Waals surface area contributed by atoms with Crippen molar-refractivity contribution < 1.29 is 32.7 Å². The van der Waals surface area contributed by atoms with Gasteiger partial charge in [-0.25, -0.2) is 5.48 Å². The predicted molar refractivity (Wildman–Crippen MR) is 79.1 cm³/mol. The van der Waals surface area contributed by atoms with Crippen molar-refractivity contribution in [1.82, 2.24) is 5.48 Å². The van der Waals surface area contributed by atoms with Crippen LogP contribution in [-0.4, -0.2) is 23.5 Å². The Morgan fingerprint density at radius 2 is 1.88 bits per heavy atom. The molecule has 1 aromatic carbocycles. The minimum absolute atomic E-state index is 0.0501. The number of ether oxygens (including phenoxy) is 1. The van der Waals surface area contributed by atoms with Gasteiger partial charge in [-0.1, -0.05) is 25.0 Å². The van der Waals surface area contributed by atoms with Crippen molar-refractivity contribution in [3.05, 3.63) is 35.4 Å². The average molecular weight is 347 g/mol. The lowest BCUT2D eigenvalue weighted by atomic mass is 10.1. The van der Waals surface area contributed by atoms with E-state index in [0.29, 0.717) is 37.5 Å². The van der Waals surface area contributed by atoms with Crippen molar-refractivity contribution in [3.63, 3.8) is 0 Å². The molecule has 0 spiro atoms. The first-order valence-corrected chi connectivity index (χ1v) is 7.52. The Hall–Kier alpha value is -1.93. The van der Waals surface area contributed by atoms with E-state index in [0.717, 1.165) is 12.1 Å². The maximum atomic E-state index is 12.4. The van der Waals surface area contributed by atoms with E-state index in [4.69, 9.17) is 9.94 Å². The number of aldehydes is 1. The van der Waals surface area contributed by atoms with E-state index in [1.807, 2.05) is 0 Å². The lowest BCUT2D eigenvalue weighted by molar-refractivity contribution is -0.137. The van der Waals surface area contributed by atoms with E-state index in [9.17, 15) is 22.8 Å². The number of carbonyl (C=O) groups is 2. The first-order valence-electron chi connectivity index (χ1n) is 7.52. The van der Waals surface area contributed by atoms with Crippen molar-refractivity contribution in [2.75, 3.05) is 0 Å². The van der Waals surface area contributed by atoms with E-state index in [1.54, 1.807) is 0 Å². The van der Waals surface area contributed by atoms with Crippen LogP contribution in [0.2, 0.25) is 0 Å². The van der Waals surface area contributed by atoms with Gasteiger partial charge in [0.05, 0.1) is 12.2 Å². The third-order valence-electron chi connectivity index (χ3n) is 3.41. The van der Waals surface area contributed by atoms with Crippen LogP contribution in [0, 0.1) is 0 Å². The highest BCUT2D eigenvalue weighted by molar-refractivity contribution is 5.74. The summed E-state index contributed by atoms with van der Waals surface area (Å²) in [5.41, 5.74) is 1.36. The first kappa shape index (κ1) is 20.1. The highest BCUT2D eigenvalue weighted by atomic mass is 19.4. The Morgan fingerprint density at radius 3 is 2.42 bits per heavy atom. The molecule has 0 saturated carbocycles. The molecule has 24 heavy (non-hydrogen) atoms. The van der Waals surface area contributed by atoms with E-state index < -0.39 is 23.8 Å². The number of alkyl halides is 3. The van der Waals surface area contributed by atoms with E-state index in [1.165, 1.54) is 17.6 Å². The molecule has 134 valence electrons. The van der Waals surface area contributed by atoms with Gasteiger partial charge in [-0.15, -0.1) is 0 Å². The van der Waals surface area contributed by atoms with Crippen molar-refractivity contribution in [2.24, 2.45) is 0 Å². The zero-order valence-corrected chi connectivity index (χ0v) is 13.0. The van der Waals surface area contributed by atoms with Crippen molar-refractivity contribution in [1.29, 1.82) is 0 Å². The van der Waals surface area contributed by atoms with E-state index in [-0.39, 0.29) is 13.0 Å². The van der Waals surface area contributed by atoms with Crippen LogP contribution in [0.4, 0.5) is 13.2 Å². The second-order valence-electron chi connectivity index (χ2n) is 5.31. The Balaban J connectivity index is 2.30. The molecule has 0 radical (unpaired) electrons. The maximum absolute atomic E-state index is 12.4. The normalized spacial score (nSPS) is 12.7. The second kappa shape index (κ2) is 10.0. The highest BCUT2D eigenvalue weighted by Crippen LogP contribution is 2.29. The summed E-state index contributed by atoms with van der Waals surface area (Å²) in [5.74, 6) is -0.458. The minimum atomic E-state index is -4.38. The number of amides is 1. The van der Waals surface area contributed by atoms with Gasteiger partial charge >= 0.3 is 6.18 Å². The second-order valence-corrected chi connectivity index (χ2v) is 5.31. The van der Waals surface area contributed by atoms with Gasteiger partial charge in [0.2, 0.25) is 5.91 Å². The molecule has 1 amide bonds. The molecule has 0 aliphatic carbocycles. The van der Waals surface area contributed by atoms with Crippen LogP contribution in [0.15, 0.2) is 24.3 Å². The van der Waals surface area contributed by atoms with Gasteiger partial charge in [-0.2, -0.15) is 13.2 Å². The number of hydrogen-bond donors (Lipinski definition) is 2. The molecule has 1 rings (SSSR count). The molecule has 0 bridgehead atoms. The molecule has 0 aliphatic rings. The van der Waals surface area contributed by atoms with Crippen molar-refractivity contribution in [3.8, 4) is 0 Å². The van der Waals surface area contributed by atoms with Crippen LogP contribution in [0.5, 0.6) is 0 Å². The van der Waals surface area contributed by atoms with Crippen molar-refractivity contribution >= 4 is 12.2 Å². The topological polar surface area (TPSA) is 75.6 Å². The quantitative estimate of drug-likeness (QED) is 0.295. The fourth-order valence-corrected chi connectivity index (χ4v) is 2.05. The smallest absolute Gasteiger partial charge is 0.366 e. The Morgan fingerprint density at radius 1 is 1.21 bits per heavy atom. The largest absolute Gasteiger partial charge is 0.416 e. The molecule has 0 aromatic heterocycles. The standard InChI is InChI=1S/C16H20F3NO4/c17-16(18,19)13-8-6-12(7-9-13)11-24-14(10-21)4-2-1-3-5-15(22)20-23/h6-10,14,23H,1-5,11H2,(H,20,22). The first-order chi connectivity index (χ1) is 11.4. The molecule has 0 aliphatic heterocycles. The van der Waals surface area contributed by atoms with Gasteiger partial charge in [-0.05, 0) is 30.5 Å². The number of unbranched alkanes of at least 4 members (excludes halogenated alkanes) is 2. The number of benzene rings is 1. The molecule has 1 unspecified atom stereocenters. The van der Waals surface area contributed by atoms with Gasteiger partial charge in [-0.3, -0.25) is 10.0 Å². The summed E-state index contributed by atoms with van der Waals surface area (Å²) in [7, 11) is 0. The third kappa shape index (κ3) is 7.56. The zero-order chi connectivity index (χ0) is 18.0. The van der Waals surface area contributed by atoms with Crippen LogP contribution < -0.4 is 5.48 Å². The summed E-state index contributed by atoms with van der Waals surface area (Å²) in [6, 6.07) is 4.58. The van der Waals surface area contributed by atoms with Gasteiger partial charge < -0.3 is 9.53 Å². The van der Waals surface area contributed by atoms with Gasteiger partial charge in [0, 0.05) is 6.42 Å². The molecule has 5 nitrogen and oxygen atoms in total. The number of carbonyl (C=O) groups excluding carboxylic acids is 2. The Kier molecular flexibility index (Phi) is 8.42. The van der Waals surface area contributed by atoms with E-state index in [2.05, 4.69) is 0 Å². The SMILES string of the molecule is O=CC(CCCCCC(=O)NO)OCc1ccc(C(F)(F)F)cc1. The van der Waals surface area contributed by atoms with Crippen molar-refractivity contribution in [2.45, 2.75) is 51.0 Å². The molecule has 2 N–H and O–H groups in total. The molecular formula is C16H20F3NO4. The summed E-state index contributed by atoms with van der Waals surface area (Å²) in [6.07, 6.45) is -1.76. The summed E-state index contributed by atoms with van der Waals surface area (Å²) in [5, 5.41) is 8.33. The fourth-order valence-electron chi connectivity index (χ4n) is 2.05. The monoisotopic (exact) mass is 347 g/mol. The summed E-state index contributed by atoms with van der Waals surface area (Å²) in [4.78, 5) is 21.8. The summed E-state index contributed by atoms with van der Waals surface area (Å²) >= 11 is 0.